The van der Waals surface area contributed by atoms with Crippen LogP contribution in [0.4, 0.5) is 0 Å². The maximum Gasteiger partial charge on any atom is 0.244 e. The fourth-order valence-corrected chi connectivity index (χ4v) is 3.74. The number of thiocarbonyl (C=S) groups is 1. The van der Waals surface area contributed by atoms with Crippen molar-refractivity contribution in [1.82, 2.24) is 9.29 Å². The summed E-state index contributed by atoms with van der Waals surface area (Å²) in [6.45, 7) is 4.35. The Balaban J connectivity index is 2.28. The molecule has 1 fully saturated rings. The third-order valence-corrected chi connectivity index (χ3v) is 5.54. The average molecular weight is 313 g/mol. The van der Waals surface area contributed by atoms with Crippen molar-refractivity contribution in [2.75, 3.05) is 6.54 Å². The van der Waals surface area contributed by atoms with Crippen molar-refractivity contribution < 1.29 is 8.42 Å². The van der Waals surface area contributed by atoms with E-state index in [1.807, 2.05) is 13.8 Å². The highest BCUT2D eigenvalue weighted by atomic mass is 32.2. The Morgan fingerprint density at radius 2 is 2.15 bits per heavy atom. The van der Waals surface area contributed by atoms with Crippen molar-refractivity contribution in [3.05, 3.63) is 24.0 Å². The molecule has 20 heavy (non-hydrogen) atoms. The van der Waals surface area contributed by atoms with E-state index in [-0.39, 0.29) is 15.9 Å². The van der Waals surface area contributed by atoms with Gasteiger partial charge in [-0.2, -0.15) is 4.31 Å². The first kappa shape index (κ1) is 15.3. The predicted octanol–water partition coefficient (Wildman–Crippen LogP) is 1.52. The molecule has 0 unspecified atom stereocenters. The first-order valence-electron chi connectivity index (χ1n) is 6.60. The second-order valence-electron chi connectivity index (χ2n) is 5.36. The zero-order valence-corrected chi connectivity index (χ0v) is 13.2. The van der Waals surface area contributed by atoms with E-state index in [1.54, 1.807) is 10.4 Å². The molecule has 1 aromatic heterocycles. The van der Waals surface area contributed by atoms with Gasteiger partial charge in [0.25, 0.3) is 0 Å². The molecule has 0 aliphatic heterocycles. The Kier molecular flexibility index (Phi) is 4.41. The second-order valence-corrected chi connectivity index (χ2v) is 7.69. The molecule has 2 rings (SSSR count). The lowest BCUT2D eigenvalue weighted by molar-refractivity contribution is 0.341. The van der Waals surface area contributed by atoms with Crippen LogP contribution in [0, 0.1) is 5.92 Å². The Labute approximate surface area is 125 Å². The predicted molar refractivity (Wildman–Crippen MR) is 81.9 cm³/mol. The molecule has 1 saturated carbocycles. The van der Waals surface area contributed by atoms with Crippen molar-refractivity contribution >= 4 is 27.2 Å². The fraction of sp³-hybridized carbons (Fsp3) is 0.538. The first-order valence-corrected chi connectivity index (χ1v) is 8.45. The minimum absolute atomic E-state index is 0.0733. The molecule has 1 aliphatic rings. The summed E-state index contributed by atoms with van der Waals surface area (Å²) in [7, 11) is -3.51. The number of aromatic nitrogens is 1. The summed E-state index contributed by atoms with van der Waals surface area (Å²) >= 11 is 4.81. The first-order chi connectivity index (χ1) is 9.32. The van der Waals surface area contributed by atoms with E-state index >= 15 is 0 Å². The van der Waals surface area contributed by atoms with Crippen molar-refractivity contribution in [2.45, 2.75) is 37.6 Å². The van der Waals surface area contributed by atoms with Gasteiger partial charge in [-0.05, 0) is 44.7 Å². The van der Waals surface area contributed by atoms with Crippen LogP contribution in [0.25, 0.3) is 0 Å². The molecule has 0 bridgehead atoms. The van der Waals surface area contributed by atoms with Crippen molar-refractivity contribution in [2.24, 2.45) is 11.7 Å². The van der Waals surface area contributed by atoms with E-state index in [4.69, 9.17) is 18.0 Å². The zero-order valence-electron chi connectivity index (χ0n) is 11.6. The maximum absolute atomic E-state index is 12.6. The molecule has 0 saturated heterocycles. The van der Waals surface area contributed by atoms with Crippen molar-refractivity contribution in [3.8, 4) is 0 Å². The lowest BCUT2D eigenvalue weighted by Gasteiger charge is -2.25. The summed E-state index contributed by atoms with van der Waals surface area (Å²) in [6, 6.07) is 2.99. The van der Waals surface area contributed by atoms with Gasteiger partial charge < -0.3 is 5.73 Å². The minimum atomic E-state index is -3.51. The van der Waals surface area contributed by atoms with Gasteiger partial charge in [-0.15, -0.1) is 0 Å². The quantitative estimate of drug-likeness (QED) is 0.806. The van der Waals surface area contributed by atoms with Crippen LogP contribution in [0.3, 0.4) is 0 Å². The average Bonchev–Trinajstić information content (AvgIpc) is 3.19. The molecule has 5 nitrogen and oxygen atoms in total. The number of hydrogen-bond acceptors (Lipinski definition) is 4. The standard InChI is InChI=1S/C13H19N3O2S2/c1-9(2)16(8-10-3-4-10)20(17,18)11-5-6-12(13(14)19)15-7-11/h5-7,9-10H,3-4,8H2,1-2H3,(H2,14,19). The normalized spacial score (nSPS) is 15.8. The van der Waals surface area contributed by atoms with Gasteiger partial charge in [0.1, 0.15) is 9.88 Å². The van der Waals surface area contributed by atoms with Crippen LogP contribution in [-0.4, -0.2) is 35.3 Å². The summed E-state index contributed by atoms with van der Waals surface area (Å²) < 4.78 is 26.8. The van der Waals surface area contributed by atoms with E-state index in [9.17, 15) is 8.42 Å². The molecular weight excluding hydrogens is 294 g/mol. The van der Waals surface area contributed by atoms with Gasteiger partial charge in [0.2, 0.25) is 10.0 Å². The molecule has 1 aliphatic carbocycles. The van der Waals surface area contributed by atoms with Crippen LogP contribution in [0.5, 0.6) is 0 Å². The molecule has 0 spiro atoms. The zero-order chi connectivity index (χ0) is 14.9. The third-order valence-electron chi connectivity index (χ3n) is 3.31. The van der Waals surface area contributed by atoms with Crippen LogP contribution in [0.15, 0.2) is 23.2 Å². The lowest BCUT2D eigenvalue weighted by atomic mass is 10.3. The highest BCUT2D eigenvalue weighted by Crippen LogP contribution is 2.32. The molecule has 110 valence electrons. The maximum atomic E-state index is 12.6. The van der Waals surface area contributed by atoms with Crippen LogP contribution < -0.4 is 5.73 Å². The topological polar surface area (TPSA) is 76.3 Å². The number of hydrogen-bond donors (Lipinski definition) is 1. The number of nitrogens with two attached hydrogens (primary N) is 1. The van der Waals surface area contributed by atoms with Crippen LogP contribution in [-0.2, 0) is 10.0 Å². The van der Waals surface area contributed by atoms with Gasteiger partial charge >= 0.3 is 0 Å². The second kappa shape index (κ2) is 5.75. The molecule has 0 atom stereocenters. The number of nitrogens with zero attached hydrogens (tertiary/aromatic N) is 2. The van der Waals surface area contributed by atoms with Crippen LogP contribution in [0.1, 0.15) is 32.4 Å². The Morgan fingerprint density at radius 1 is 1.50 bits per heavy atom. The van der Waals surface area contributed by atoms with Gasteiger partial charge in [0.15, 0.2) is 0 Å². The fourth-order valence-electron chi connectivity index (χ4n) is 1.96. The van der Waals surface area contributed by atoms with Gasteiger partial charge in [0, 0.05) is 18.8 Å². The van der Waals surface area contributed by atoms with Gasteiger partial charge in [-0.1, -0.05) is 12.2 Å². The molecule has 1 heterocycles. The van der Waals surface area contributed by atoms with Gasteiger partial charge in [-0.3, -0.25) is 4.98 Å². The summed E-state index contributed by atoms with van der Waals surface area (Å²) in [5.74, 6) is 0.496. The van der Waals surface area contributed by atoms with E-state index in [0.717, 1.165) is 12.8 Å². The molecule has 1 aromatic rings. The minimum Gasteiger partial charge on any atom is -0.388 e. The van der Waals surface area contributed by atoms with E-state index in [1.165, 1.54) is 12.3 Å². The monoisotopic (exact) mass is 313 g/mol. The van der Waals surface area contributed by atoms with Gasteiger partial charge in [0.05, 0.1) is 5.69 Å². The van der Waals surface area contributed by atoms with E-state index in [0.29, 0.717) is 18.2 Å². The highest BCUT2D eigenvalue weighted by molar-refractivity contribution is 7.89. The molecule has 0 radical (unpaired) electrons. The molecule has 0 aromatic carbocycles. The number of rotatable bonds is 6. The molecule has 2 N–H and O–H groups in total. The van der Waals surface area contributed by atoms with Crippen molar-refractivity contribution in [1.29, 1.82) is 0 Å². The van der Waals surface area contributed by atoms with E-state index in [2.05, 4.69) is 4.98 Å². The molecular formula is C13H19N3O2S2. The van der Waals surface area contributed by atoms with Crippen molar-refractivity contribution in [3.63, 3.8) is 0 Å². The SMILES string of the molecule is CC(C)N(CC1CC1)S(=O)(=O)c1ccc(C(N)=S)nc1. The summed E-state index contributed by atoms with van der Waals surface area (Å²) in [5.41, 5.74) is 5.89. The number of sulfonamides is 1. The Bertz CT molecular complexity index is 593. The highest BCUT2D eigenvalue weighted by Gasteiger charge is 2.33. The van der Waals surface area contributed by atoms with E-state index < -0.39 is 10.0 Å². The van der Waals surface area contributed by atoms with Gasteiger partial charge in [-0.25, -0.2) is 8.42 Å². The number of pyridine rings is 1. The summed E-state index contributed by atoms with van der Waals surface area (Å²) in [4.78, 5) is 4.36. The largest absolute Gasteiger partial charge is 0.388 e. The Morgan fingerprint density at radius 3 is 2.55 bits per heavy atom. The van der Waals surface area contributed by atoms with Crippen LogP contribution in [0.2, 0.25) is 0 Å². The summed E-state index contributed by atoms with van der Waals surface area (Å²) in [5, 5.41) is 0. The third kappa shape index (κ3) is 3.34. The van der Waals surface area contributed by atoms with Crippen LogP contribution >= 0.6 is 12.2 Å². The Hall–Kier alpha value is -1.05. The molecule has 7 heteroatoms. The summed E-state index contributed by atoms with van der Waals surface area (Å²) in [6.07, 6.45) is 3.54. The smallest absolute Gasteiger partial charge is 0.244 e. The lowest BCUT2D eigenvalue weighted by Crippen LogP contribution is -2.38. The molecule has 0 amide bonds.